The first-order chi connectivity index (χ1) is 5.20. The van der Waals surface area contributed by atoms with Crippen LogP contribution in [0, 0.1) is 17.8 Å². The fourth-order valence-corrected chi connectivity index (χ4v) is 2.70. The van der Waals surface area contributed by atoms with E-state index in [4.69, 9.17) is 10.8 Å². The van der Waals surface area contributed by atoms with Crippen molar-refractivity contribution < 1.29 is 9.90 Å². The van der Waals surface area contributed by atoms with Crippen LogP contribution in [0.1, 0.15) is 19.3 Å². The van der Waals surface area contributed by atoms with Gasteiger partial charge in [-0.3, -0.25) is 4.79 Å². The molecule has 3 nitrogen and oxygen atoms in total. The molecule has 3 heteroatoms. The van der Waals surface area contributed by atoms with Gasteiger partial charge in [0.25, 0.3) is 0 Å². The molecule has 11 heavy (non-hydrogen) atoms. The summed E-state index contributed by atoms with van der Waals surface area (Å²) in [7, 11) is 0. The molecule has 2 rings (SSSR count). The van der Waals surface area contributed by atoms with E-state index in [0.717, 1.165) is 19.3 Å². The first-order valence-corrected chi connectivity index (χ1v) is 4.18. The van der Waals surface area contributed by atoms with E-state index in [1.54, 1.807) is 0 Å². The van der Waals surface area contributed by atoms with Gasteiger partial charge < -0.3 is 10.8 Å². The Bertz CT molecular complexity index is 191. The van der Waals surface area contributed by atoms with Gasteiger partial charge in [0.15, 0.2) is 0 Å². The number of aliphatic carboxylic acids is 1. The molecule has 0 amide bonds. The lowest BCUT2D eigenvalue weighted by Gasteiger charge is -2.23. The van der Waals surface area contributed by atoms with E-state index in [2.05, 4.69) is 0 Å². The first-order valence-electron chi connectivity index (χ1n) is 4.18. The maximum absolute atomic E-state index is 10.7. The summed E-state index contributed by atoms with van der Waals surface area (Å²) in [6, 6.07) is -0.0637. The average molecular weight is 155 g/mol. The van der Waals surface area contributed by atoms with Crippen LogP contribution in [-0.4, -0.2) is 17.1 Å². The van der Waals surface area contributed by atoms with E-state index < -0.39 is 5.97 Å². The zero-order valence-electron chi connectivity index (χ0n) is 6.36. The summed E-state index contributed by atoms with van der Waals surface area (Å²) < 4.78 is 0. The molecule has 2 unspecified atom stereocenters. The summed E-state index contributed by atoms with van der Waals surface area (Å²) in [5, 5.41) is 8.83. The summed E-state index contributed by atoms with van der Waals surface area (Å²) in [6.45, 7) is 0. The minimum absolute atomic E-state index is 0.0637. The molecule has 0 aromatic carbocycles. The number of hydrogen-bond donors (Lipinski definition) is 2. The van der Waals surface area contributed by atoms with Crippen molar-refractivity contribution in [1.82, 2.24) is 0 Å². The van der Waals surface area contributed by atoms with Crippen molar-refractivity contribution in [3.05, 3.63) is 0 Å². The van der Waals surface area contributed by atoms with E-state index in [0.29, 0.717) is 11.8 Å². The number of fused-ring (bicyclic) bond motifs is 2. The van der Waals surface area contributed by atoms with Crippen LogP contribution in [0.4, 0.5) is 0 Å². The second kappa shape index (κ2) is 2.21. The minimum Gasteiger partial charge on any atom is -0.481 e. The average Bonchev–Trinajstić information content (AvgIpc) is 2.44. The Morgan fingerprint density at radius 3 is 2.36 bits per heavy atom. The molecule has 0 aromatic rings. The summed E-state index contributed by atoms with van der Waals surface area (Å²) >= 11 is 0. The van der Waals surface area contributed by atoms with Gasteiger partial charge in [-0.25, -0.2) is 0 Å². The van der Waals surface area contributed by atoms with E-state index in [9.17, 15) is 4.79 Å². The van der Waals surface area contributed by atoms with Gasteiger partial charge in [-0.15, -0.1) is 0 Å². The molecular weight excluding hydrogens is 142 g/mol. The van der Waals surface area contributed by atoms with Gasteiger partial charge in [0.2, 0.25) is 0 Å². The quantitative estimate of drug-likeness (QED) is 0.577. The van der Waals surface area contributed by atoms with Gasteiger partial charge in [0, 0.05) is 6.04 Å². The second-order valence-corrected chi connectivity index (χ2v) is 3.77. The maximum atomic E-state index is 10.7. The molecular formula is C8H13NO2. The van der Waals surface area contributed by atoms with Crippen LogP contribution in [0.2, 0.25) is 0 Å². The first kappa shape index (κ1) is 7.10. The lowest BCUT2D eigenvalue weighted by Crippen LogP contribution is -2.40. The SMILES string of the molecule is NC1C2CC[C@@H](C2)[C@@H]1C(=O)O. The molecule has 2 aliphatic carbocycles. The smallest absolute Gasteiger partial charge is 0.308 e. The molecule has 0 aliphatic heterocycles. The summed E-state index contributed by atoms with van der Waals surface area (Å²) in [5.74, 6) is -0.0490. The summed E-state index contributed by atoms with van der Waals surface area (Å²) in [4.78, 5) is 10.7. The fourth-order valence-electron chi connectivity index (χ4n) is 2.70. The second-order valence-electron chi connectivity index (χ2n) is 3.77. The Labute approximate surface area is 65.6 Å². The van der Waals surface area contributed by atoms with Gasteiger partial charge in [0.1, 0.15) is 0 Å². The van der Waals surface area contributed by atoms with Crippen LogP contribution >= 0.6 is 0 Å². The standard InChI is InChI=1S/C8H13NO2/c9-7-5-2-1-4(3-5)6(7)8(10)11/h4-7H,1-3,9H2,(H,10,11)/t4-,5?,6-,7?/m0/s1. The topological polar surface area (TPSA) is 63.3 Å². The Balaban J connectivity index is 2.17. The molecule has 2 saturated carbocycles. The largest absolute Gasteiger partial charge is 0.481 e. The van der Waals surface area contributed by atoms with Crippen LogP contribution in [-0.2, 0) is 4.79 Å². The van der Waals surface area contributed by atoms with Crippen LogP contribution in [0.5, 0.6) is 0 Å². The summed E-state index contributed by atoms with van der Waals surface area (Å²) in [5.41, 5.74) is 5.78. The van der Waals surface area contributed by atoms with Gasteiger partial charge in [-0.2, -0.15) is 0 Å². The van der Waals surface area contributed by atoms with E-state index >= 15 is 0 Å². The molecule has 62 valence electrons. The molecule has 2 fully saturated rings. The van der Waals surface area contributed by atoms with E-state index in [1.165, 1.54) is 0 Å². The maximum Gasteiger partial charge on any atom is 0.308 e. The monoisotopic (exact) mass is 155 g/mol. The Morgan fingerprint density at radius 2 is 2.00 bits per heavy atom. The van der Waals surface area contributed by atoms with Crippen molar-refractivity contribution in [3.63, 3.8) is 0 Å². The van der Waals surface area contributed by atoms with Crippen molar-refractivity contribution in [3.8, 4) is 0 Å². The van der Waals surface area contributed by atoms with Crippen LogP contribution in [0.25, 0.3) is 0 Å². The third-order valence-electron chi connectivity index (χ3n) is 3.27. The molecule has 4 atom stereocenters. The fraction of sp³-hybridized carbons (Fsp3) is 0.875. The van der Waals surface area contributed by atoms with Crippen molar-refractivity contribution in [2.45, 2.75) is 25.3 Å². The molecule has 2 bridgehead atoms. The summed E-state index contributed by atoms with van der Waals surface area (Å²) in [6.07, 6.45) is 3.28. The van der Waals surface area contributed by atoms with Gasteiger partial charge in [-0.05, 0) is 31.1 Å². The highest BCUT2D eigenvalue weighted by Gasteiger charge is 2.49. The van der Waals surface area contributed by atoms with Crippen molar-refractivity contribution >= 4 is 5.97 Å². The van der Waals surface area contributed by atoms with E-state index in [-0.39, 0.29) is 12.0 Å². The van der Waals surface area contributed by atoms with Crippen LogP contribution in [0.3, 0.4) is 0 Å². The van der Waals surface area contributed by atoms with Gasteiger partial charge >= 0.3 is 5.97 Å². The molecule has 0 radical (unpaired) electrons. The number of carbonyl (C=O) groups is 1. The minimum atomic E-state index is -0.690. The highest BCUT2D eigenvalue weighted by molar-refractivity contribution is 5.72. The van der Waals surface area contributed by atoms with E-state index in [1.807, 2.05) is 0 Å². The predicted molar refractivity (Wildman–Crippen MR) is 39.9 cm³/mol. The third-order valence-corrected chi connectivity index (χ3v) is 3.27. The number of rotatable bonds is 1. The number of carboxylic acid groups (broad SMARTS) is 1. The van der Waals surface area contributed by atoms with Crippen molar-refractivity contribution in [2.24, 2.45) is 23.5 Å². The third kappa shape index (κ3) is 0.872. The van der Waals surface area contributed by atoms with Gasteiger partial charge in [0.05, 0.1) is 5.92 Å². The lowest BCUT2D eigenvalue weighted by atomic mass is 9.85. The van der Waals surface area contributed by atoms with Crippen molar-refractivity contribution in [2.75, 3.05) is 0 Å². The highest BCUT2D eigenvalue weighted by Crippen LogP contribution is 2.47. The Hall–Kier alpha value is -0.570. The van der Waals surface area contributed by atoms with Crippen LogP contribution < -0.4 is 5.73 Å². The lowest BCUT2D eigenvalue weighted by molar-refractivity contribution is -0.144. The normalized spacial score (nSPS) is 48.1. The molecule has 0 heterocycles. The zero-order chi connectivity index (χ0) is 8.01. The van der Waals surface area contributed by atoms with Crippen molar-refractivity contribution in [1.29, 1.82) is 0 Å². The molecule has 0 saturated heterocycles. The highest BCUT2D eigenvalue weighted by atomic mass is 16.4. The molecule has 0 aromatic heterocycles. The van der Waals surface area contributed by atoms with Gasteiger partial charge in [-0.1, -0.05) is 0 Å². The Morgan fingerprint density at radius 1 is 1.36 bits per heavy atom. The zero-order valence-corrected chi connectivity index (χ0v) is 6.36. The number of carboxylic acids is 1. The molecule has 0 spiro atoms. The Kier molecular flexibility index (Phi) is 1.42. The number of hydrogen-bond acceptors (Lipinski definition) is 2. The van der Waals surface area contributed by atoms with Crippen LogP contribution in [0.15, 0.2) is 0 Å². The molecule has 2 aliphatic rings. The predicted octanol–water partition coefficient (Wildman–Crippen LogP) is 0.444. The molecule has 3 N–H and O–H groups in total. The number of nitrogens with two attached hydrogens (primary N) is 1.